The number of benzene rings is 1. The summed E-state index contributed by atoms with van der Waals surface area (Å²) < 4.78 is 1.90. The number of aromatic nitrogens is 2. The Hall–Kier alpha value is -1.61. The number of rotatable bonds is 3. The third-order valence-electron chi connectivity index (χ3n) is 3.35. The average Bonchev–Trinajstić information content (AvgIpc) is 2.67. The summed E-state index contributed by atoms with van der Waals surface area (Å²) in [7, 11) is 1.98. The number of hydrogen-bond acceptors (Lipinski definition) is 2. The molecule has 1 heterocycles. The van der Waals surface area contributed by atoms with Crippen LogP contribution in [0.5, 0.6) is 0 Å². The summed E-state index contributed by atoms with van der Waals surface area (Å²) in [4.78, 5) is 0. The zero-order chi connectivity index (χ0) is 14.9. The van der Waals surface area contributed by atoms with E-state index < -0.39 is 0 Å². The molecule has 0 saturated carbocycles. The molecule has 2 aromatic rings. The van der Waals surface area contributed by atoms with Crippen LogP contribution in [0.4, 0.5) is 0 Å². The van der Waals surface area contributed by atoms with E-state index in [1.807, 2.05) is 11.7 Å². The van der Waals surface area contributed by atoms with Crippen molar-refractivity contribution in [1.29, 1.82) is 0 Å². The van der Waals surface area contributed by atoms with Crippen LogP contribution in [0.15, 0.2) is 24.4 Å². The van der Waals surface area contributed by atoms with Gasteiger partial charge in [0.25, 0.3) is 0 Å². The fraction of sp³-hybridized carbons (Fsp3) is 0.471. The molecule has 0 aliphatic carbocycles. The minimum atomic E-state index is 0.107. The zero-order valence-electron chi connectivity index (χ0n) is 13.4. The van der Waals surface area contributed by atoms with Gasteiger partial charge in [0.1, 0.15) is 0 Å². The van der Waals surface area contributed by atoms with Crippen molar-refractivity contribution in [3.8, 4) is 11.3 Å². The van der Waals surface area contributed by atoms with Gasteiger partial charge in [0.05, 0.1) is 5.69 Å². The van der Waals surface area contributed by atoms with E-state index in [4.69, 9.17) is 0 Å². The minimum absolute atomic E-state index is 0.107. The Balaban J connectivity index is 2.36. The van der Waals surface area contributed by atoms with Crippen LogP contribution in [0.25, 0.3) is 11.3 Å². The highest BCUT2D eigenvalue weighted by Gasteiger charge is 2.15. The molecular weight excluding hydrogens is 246 g/mol. The molecule has 0 aliphatic heterocycles. The van der Waals surface area contributed by atoms with Crippen molar-refractivity contribution in [2.24, 2.45) is 7.05 Å². The largest absolute Gasteiger partial charge is 0.308 e. The maximum Gasteiger partial charge on any atom is 0.0970 e. The van der Waals surface area contributed by atoms with Gasteiger partial charge in [-0.2, -0.15) is 5.10 Å². The van der Waals surface area contributed by atoms with Gasteiger partial charge in [-0.05, 0) is 40.2 Å². The average molecular weight is 271 g/mol. The summed E-state index contributed by atoms with van der Waals surface area (Å²) in [6, 6.07) is 6.54. The number of nitrogens with zero attached hydrogens (tertiary/aromatic N) is 2. The predicted octanol–water partition coefficient (Wildman–Crippen LogP) is 3.59. The van der Waals surface area contributed by atoms with Crippen molar-refractivity contribution < 1.29 is 0 Å². The Kier molecular flexibility index (Phi) is 4.00. The second kappa shape index (κ2) is 5.41. The van der Waals surface area contributed by atoms with Gasteiger partial charge in [-0.15, -0.1) is 0 Å². The molecule has 0 radical (unpaired) electrons. The molecular formula is C17H25N3. The third kappa shape index (κ3) is 3.48. The molecule has 0 spiro atoms. The summed E-state index contributed by atoms with van der Waals surface area (Å²) in [5.41, 5.74) is 6.23. The number of hydrogen-bond donors (Lipinski definition) is 1. The molecule has 1 aromatic heterocycles. The first-order chi connectivity index (χ1) is 9.26. The molecule has 0 bridgehead atoms. The molecule has 108 valence electrons. The summed E-state index contributed by atoms with van der Waals surface area (Å²) in [6.07, 6.45) is 2.10. The molecule has 2 rings (SSSR count). The van der Waals surface area contributed by atoms with Crippen LogP contribution in [0, 0.1) is 13.8 Å². The van der Waals surface area contributed by atoms with E-state index in [1.54, 1.807) is 0 Å². The van der Waals surface area contributed by atoms with E-state index in [0.717, 1.165) is 12.2 Å². The van der Waals surface area contributed by atoms with E-state index in [1.165, 1.54) is 22.3 Å². The Morgan fingerprint density at radius 2 is 1.90 bits per heavy atom. The van der Waals surface area contributed by atoms with Gasteiger partial charge < -0.3 is 5.32 Å². The van der Waals surface area contributed by atoms with Crippen molar-refractivity contribution in [1.82, 2.24) is 15.1 Å². The van der Waals surface area contributed by atoms with Crippen LogP contribution in [0.1, 0.15) is 37.5 Å². The zero-order valence-corrected chi connectivity index (χ0v) is 13.4. The van der Waals surface area contributed by atoms with Crippen LogP contribution in [0.3, 0.4) is 0 Å². The smallest absolute Gasteiger partial charge is 0.0970 e. The first-order valence-electron chi connectivity index (χ1n) is 7.11. The topological polar surface area (TPSA) is 29.9 Å². The Bertz CT molecular complexity index is 603. The Morgan fingerprint density at radius 3 is 2.50 bits per heavy atom. The maximum absolute atomic E-state index is 4.65. The highest BCUT2D eigenvalue weighted by atomic mass is 15.3. The molecule has 3 heteroatoms. The Labute approximate surface area is 122 Å². The predicted molar refractivity (Wildman–Crippen MR) is 84.7 cm³/mol. The second-order valence-corrected chi connectivity index (χ2v) is 6.60. The van der Waals surface area contributed by atoms with Gasteiger partial charge in [0.15, 0.2) is 0 Å². The van der Waals surface area contributed by atoms with E-state index in [0.29, 0.717) is 0 Å². The van der Waals surface area contributed by atoms with Gasteiger partial charge in [0.2, 0.25) is 0 Å². The van der Waals surface area contributed by atoms with Gasteiger partial charge in [-0.3, -0.25) is 4.68 Å². The second-order valence-electron chi connectivity index (χ2n) is 6.60. The monoisotopic (exact) mass is 271 g/mol. The standard InChI is InChI=1S/C17H25N3/c1-12-7-8-15(13(2)9-12)16-14(11-20(6)19-16)10-18-17(3,4)5/h7-9,11,18H,10H2,1-6H3. The lowest BCUT2D eigenvalue weighted by Gasteiger charge is -2.20. The van der Waals surface area contributed by atoms with Crippen molar-refractivity contribution in [3.05, 3.63) is 41.1 Å². The summed E-state index contributed by atoms with van der Waals surface area (Å²) in [5.74, 6) is 0. The fourth-order valence-corrected chi connectivity index (χ4v) is 2.33. The van der Waals surface area contributed by atoms with Crippen LogP contribution < -0.4 is 5.32 Å². The lowest BCUT2D eigenvalue weighted by Crippen LogP contribution is -2.35. The highest BCUT2D eigenvalue weighted by molar-refractivity contribution is 5.67. The van der Waals surface area contributed by atoms with E-state index in [9.17, 15) is 0 Å². The fourth-order valence-electron chi connectivity index (χ4n) is 2.33. The van der Waals surface area contributed by atoms with Crippen molar-refractivity contribution in [2.45, 2.75) is 46.7 Å². The minimum Gasteiger partial charge on any atom is -0.308 e. The quantitative estimate of drug-likeness (QED) is 0.924. The van der Waals surface area contributed by atoms with Gasteiger partial charge in [-0.1, -0.05) is 23.8 Å². The molecule has 0 fully saturated rings. The van der Waals surface area contributed by atoms with E-state index >= 15 is 0 Å². The van der Waals surface area contributed by atoms with E-state index in [2.05, 4.69) is 69.4 Å². The SMILES string of the molecule is Cc1ccc(-c2nn(C)cc2CNC(C)(C)C)c(C)c1. The van der Waals surface area contributed by atoms with Gasteiger partial charge in [0, 0.05) is 36.5 Å². The molecule has 0 unspecified atom stereocenters. The van der Waals surface area contributed by atoms with E-state index in [-0.39, 0.29) is 5.54 Å². The van der Waals surface area contributed by atoms with Crippen LogP contribution in [-0.2, 0) is 13.6 Å². The number of nitrogens with one attached hydrogen (secondary N) is 1. The molecule has 3 nitrogen and oxygen atoms in total. The van der Waals surface area contributed by atoms with Crippen LogP contribution in [-0.4, -0.2) is 15.3 Å². The molecule has 0 amide bonds. The maximum atomic E-state index is 4.65. The first-order valence-corrected chi connectivity index (χ1v) is 7.11. The van der Waals surface area contributed by atoms with Crippen molar-refractivity contribution >= 4 is 0 Å². The highest BCUT2D eigenvalue weighted by Crippen LogP contribution is 2.26. The molecule has 0 saturated heterocycles. The number of aryl methyl sites for hydroxylation is 3. The van der Waals surface area contributed by atoms with Gasteiger partial charge >= 0.3 is 0 Å². The Morgan fingerprint density at radius 1 is 1.20 bits per heavy atom. The van der Waals surface area contributed by atoms with Crippen LogP contribution >= 0.6 is 0 Å². The molecule has 1 aromatic carbocycles. The molecule has 20 heavy (non-hydrogen) atoms. The molecule has 1 N–H and O–H groups in total. The van der Waals surface area contributed by atoms with Crippen molar-refractivity contribution in [2.75, 3.05) is 0 Å². The molecule has 0 atom stereocenters. The molecule has 0 aliphatic rings. The van der Waals surface area contributed by atoms with Gasteiger partial charge in [-0.25, -0.2) is 0 Å². The summed E-state index contributed by atoms with van der Waals surface area (Å²) in [5, 5.41) is 8.19. The lowest BCUT2D eigenvalue weighted by atomic mass is 10.00. The van der Waals surface area contributed by atoms with Crippen LogP contribution in [0.2, 0.25) is 0 Å². The summed E-state index contributed by atoms with van der Waals surface area (Å²) in [6.45, 7) is 11.6. The summed E-state index contributed by atoms with van der Waals surface area (Å²) >= 11 is 0. The lowest BCUT2D eigenvalue weighted by molar-refractivity contribution is 0.424. The third-order valence-corrected chi connectivity index (χ3v) is 3.35. The first kappa shape index (κ1) is 14.8. The van der Waals surface area contributed by atoms with Crippen molar-refractivity contribution in [3.63, 3.8) is 0 Å². The normalized spacial score (nSPS) is 11.9.